The van der Waals surface area contributed by atoms with Crippen LogP contribution in [0.3, 0.4) is 0 Å². The quantitative estimate of drug-likeness (QED) is 0.940. The van der Waals surface area contributed by atoms with Crippen LogP contribution < -0.4 is 5.73 Å². The zero-order valence-corrected chi connectivity index (χ0v) is 12.2. The Bertz CT molecular complexity index is 618. The Kier molecular flexibility index (Phi) is 3.07. The van der Waals surface area contributed by atoms with Gasteiger partial charge < -0.3 is 10.3 Å². The summed E-state index contributed by atoms with van der Waals surface area (Å²) in [6.07, 6.45) is 6.59. The van der Waals surface area contributed by atoms with E-state index < -0.39 is 0 Å². The second-order valence-electron chi connectivity index (χ2n) is 6.53. The van der Waals surface area contributed by atoms with Crippen LogP contribution in [0.1, 0.15) is 61.7 Å². The van der Waals surface area contributed by atoms with E-state index in [0.717, 1.165) is 50.2 Å². The molecule has 110 valence electrons. The minimum Gasteiger partial charge on any atom is -0.339 e. The first-order valence-corrected chi connectivity index (χ1v) is 7.93. The van der Waals surface area contributed by atoms with Crippen LogP contribution in [0.2, 0.25) is 0 Å². The first-order chi connectivity index (χ1) is 10.3. The fraction of sp³-hybridized carbons (Fsp3) is 0.529. The molecule has 2 aliphatic carbocycles. The number of nitrogens with two attached hydrogens (primary N) is 1. The lowest BCUT2D eigenvalue weighted by molar-refractivity contribution is 0.297. The van der Waals surface area contributed by atoms with Crippen molar-refractivity contribution in [3.05, 3.63) is 47.6 Å². The van der Waals surface area contributed by atoms with Crippen LogP contribution in [0.15, 0.2) is 34.9 Å². The van der Waals surface area contributed by atoms with Crippen LogP contribution in [-0.4, -0.2) is 16.2 Å². The molecule has 2 aliphatic rings. The summed E-state index contributed by atoms with van der Waals surface area (Å²) in [5.41, 5.74) is 7.37. The molecule has 21 heavy (non-hydrogen) atoms. The first kappa shape index (κ1) is 13.0. The van der Waals surface area contributed by atoms with Gasteiger partial charge in [0.25, 0.3) is 0 Å². The first-order valence-electron chi connectivity index (χ1n) is 7.93. The number of hydrogen-bond donors (Lipinski definition) is 1. The molecule has 0 spiro atoms. The molecule has 0 aliphatic heterocycles. The molecule has 1 heterocycles. The average Bonchev–Trinajstić information content (AvgIpc) is 3.18. The van der Waals surface area contributed by atoms with Gasteiger partial charge in [-0.1, -0.05) is 41.9 Å². The fourth-order valence-electron chi connectivity index (χ4n) is 3.57. The van der Waals surface area contributed by atoms with Crippen molar-refractivity contribution < 1.29 is 4.52 Å². The van der Waals surface area contributed by atoms with Crippen molar-refractivity contribution in [2.75, 3.05) is 0 Å². The highest BCUT2D eigenvalue weighted by molar-refractivity contribution is 5.38. The summed E-state index contributed by atoms with van der Waals surface area (Å²) in [6, 6.07) is 10.8. The van der Waals surface area contributed by atoms with E-state index in [4.69, 9.17) is 15.2 Å². The predicted octanol–water partition coefficient (Wildman–Crippen LogP) is 3.13. The van der Waals surface area contributed by atoms with Crippen molar-refractivity contribution in [2.24, 2.45) is 5.73 Å². The molecule has 2 fully saturated rings. The molecule has 0 bridgehead atoms. The summed E-state index contributed by atoms with van der Waals surface area (Å²) < 4.78 is 5.58. The lowest BCUT2D eigenvalue weighted by Gasteiger charge is -2.23. The molecule has 2 unspecified atom stereocenters. The van der Waals surface area contributed by atoms with Gasteiger partial charge in [-0.25, -0.2) is 0 Å². The summed E-state index contributed by atoms with van der Waals surface area (Å²) in [5.74, 6) is 2.01. The van der Waals surface area contributed by atoms with Crippen LogP contribution in [0.25, 0.3) is 0 Å². The van der Waals surface area contributed by atoms with E-state index >= 15 is 0 Å². The molecule has 0 saturated heterocycles. The molecule has 2 N–H and O–H groups in total. The zero-order valence-electron chi connectivity index (χ0n) is 12.2. The van der Waals surface area contributed by atoms with Crippen molar-refractivity contribution in [1.82, 2.24) is 10.1 Å². The molecule has 1 aromatic heterocycles. The molecular formula is C17H21N3O. The Hall–Kier alpha value is -1.68. The second kappa shape index (κ2) is 4.95. The molecule has 4 rings (SSSR count). The number of aromatic nitrogens is 2. The third-order valence-electron chi connectivity index (χ3n) is 5.01. The lowest BCUT2D eigenvalue weighted by Crippen LogP contribution is -2.27. The fourth-order valence-corrected chi connectivity index (χ4v) is 3.57. The number of rotatable bonds is 3. The van der Waals surface area contributed by atoms with Crippen LogP contribution in [-0.2, 0) is 5.41 Å². The highest BCUT2D eigenvalue weighted by Crippen LogP contribution is 2.52. The maximum atomic E-state index is 6.07. The van der Waals surface area contributed by atoms with Gasteiger partial charge in [0.15, 0.2) is 5.82 Å². The summed E-state index contributed by atoms with van der Waals surface area (Å²) >= 11 is 0. The Balaban J connectivity index is 1.60. The Morgan fingerprint density at radius 1 is 1.14 bits per heavy atom. The summed E-state index contributed by atoms with van der Waals surface area (Å²) in [5, 5.41) is 4.30. The summed E-state index contributed by atoms with van der Waals surface area (Å²) in [7, 11) is 0. The topological polar surface area (TPSA) is 64.9 Å². The van der Waals surface area contributed by atoms with Crippen LogP contribution in [0.5, 0.6) is 0 Å². The molecule has 2 atom stereocenters. The Morgan fingerprint density at radius 3 is 2.67 bits per heavy atom. The van der Waals surface area contributed by atoms with Crippen LogP contribution in [0, 0.1) is 0 Å². The summed E-state index contributed by atoms with van der Waals surface area (Å²) in [4.78, 5) is 4.75. The van der Waals surface area contributed by atoms with Gasteiger partial charge in [0.1, 0.15) is 0 Å². The van der Waals surface area contributed by atoms with Gasteiger partial charge in [0.2, 0.25) is 5.89 Å². The lowest BCUT2D eigenvalue weighted by atomic mass is 9.86. The minimum atomic E-state index is -0.000205. The standard InChI is InChI=1S/C17H21N3O/c18-14-8-4-5-12(11-14)15-19-16(20-21-15)17(9-10-17)13-6-2-1-3-7-13/h1-3,6-7,12,14H,4-5,8-11,18H2. The number of hydrogen-bond acceptors (Lipinski definition) is 4. The normalized spacial score (nSPS) is 27.5. The highest BCUT2D eigenvalue weighted by atomic mass is 16.5. The summed E-state index contributed by atoms with van der Waals surface area (Å²) in [6.45, 7) is 0. The van der Waals surface area contributed by atoms with Gasteiger partial charge in [-0.15, -0.1) is 0 Å². The van der Waals surface area contributed by atoms with Crippen molar-refractivity contribution in [2.45, 2.75) is 55.9 Å². The number of benzene rings is 1. The van der Waals surface area contributed by atoms with Crippen molar-refractivity contribution in [3.63, 3.8) is 0 Å². The molecule has 2 saturated carbocycles. The molecule has 0 amide bonds. The van der Waals surface area contributed by atoms with Gasteiger partial charge in [-0.3, -0.25) is 0 Å². The second-order valence-corrected chi connectivity index (χ2v) is 6.53. The molecule has 2 aromatic rings. The molecule has 1 aromatic carbocycles. The number of nitrogens with zero attached hydrogens (tertiary/aromatic N) is 2. The zero-order chi connectivity index (χ0) is 14.3. The third-order valence-corrected chi connectivity index (χ3v) is 5.01. The van der Waals surface area contributed by atoms with Gasteiger partial charge in [-0.2, -0.15) is 4.98 Å². The molecular weight excluding hydrogens is 262 g/mol. The smallest absolute Gasteiger partial charge is 0.229 e. The molecule has 0 radical (unpaired) electrons. The third kappa shape index (κ3) is 2.27. The monoisotopic (exact) mass is 283 g/mol. The Morgan fingerprint density at radius 2 is 1.95 bits per heavy atom. The van der Waals surface area contributed by atoms with E-state index in [1.807, 2.05) is 6.07 Å². The maximum Gasteiger partial charge on any atom is 0.229 e. The van der Waals surface area contributed by atoms with Crippen molar-refractivity contribution in [3.8, 4) is 0 Å². The minimum absolute atomic E-state index is 0.000205. The van der Waals surface area contributed by atoms with E-state index in [0.29, 0.717) is 5.92 Å². The average molecular weight is 283 g/mol. The van der Waals surface area contributed by atoms with E-state index in [9.17, 15) is 0 Å². The van der Waals surface area contributed by atoms with E-state index in [2.05, 4.69) is 29.4 Å². The van der Waals surface area contributed by atoms with E-state index in [1.165, 1.54) is 5.56 Å². The maximum absolute atomic E-state index is 6.07. The van der Waals surface area contributed by atoms with Crippen molar-refractivity contribution in [1.29, 1.82) is 0 Å². The predicted molar refractivity (Wildman–Crippen MR) is 79.9 cm³/mol. The van der Waals surface area contributed by atoms with Gasteiger partial charge >= 0.3 is 0 Å². The molecule has 4 heteroatoms. The SMILES string of the molecule is NC1CCCC(c2nc(C3(c4ccccc4)CC3)no2)C1. The van der Waals surface area contributed by atoms with Gasteiger partial charge in [0.05, 0.1) is 5.41 Å². The van der Waals surface area contributed by atoms with E-state index in [-0.39, 0.29) is 11.5 Å². The van der Waals surface area contributed by atoms with E-state index in [1.54, 1.807) is 0 Å². The van der Waals surface area contributed by atoms with Crippen LogP contribution in [0.4, 0.5) is 0 Å². The van der Waals surface area contributed by atoms with Crippen molar-refractivity contribution >= 4 is 0 Å². The van der Waals surface area contributed by atoms with Crippen LogP contribution >= 0.6 is 0 Å². The highest BCUT2D eigenvalue weighted by Gasteiger charge is 2.50. The Labute approximate surface area is 124 Å². The van der Waals surface area contributed by atoms with Gasteiger partial charge in [0, 0.05) is 12.0 Å². The van der Waals surface area contributed by atoms with Gasteiger partial charge in [-0.05, 0) is 37.7 Å². The largest absolute Gasteiger partial charge is 0.339 e. The molecule has 4 nitrogen and oxygen atoms in total.